The lowest BCUT2D eigenvalue weighted by atomic mass is 9.69. The molecule has 24 heavy (non-hydrogen) atoms. The van der Waals surface area contributed by atoms with Crippen molar-refractivity contribution in [2.24, 2.45) is 0 Å². The van der Waals surface area contributed by atoms with Gasteiger partial charge in [0.25, 0.3) is 0 Å². The van der Waals surface area contributed by atoms with E-state index in [-0.39, 0.29) is 11.5 Å². The second-order valence-corrected chi connectivity index (χ2v) is 6.83. The van der Waals surface area contributed by atoms with Crippen molar-refractivity contribution in [1.82, 2.24) is 15.5 Å². The van der Waals surface area contributed by atoms with E-state index < -0.39 is 0 Å². The van der Waals surface area contributed by atoms with Crippen LogP contribution in [0.25, 0.3) is 0 Å². The Morgan fingerprint density at radius 1 is 1.17 bits per heavy atom. The standard InChI is InChI=1S/C19H27N3O2/c1-14(18-22-21-15(2)24-18)20-13-19(11-5-4-6-12-19)16-7-9-17(23-3)10-8-16/h7-10,14,20H,4-6,11-13H2,1-3H3/t14-/m0/s1. The molecule has 3 rings (SSSR count). The van der Waals surface area contributed by atoms with Gasteiger partial charge in [-0.2, -0.15) is 0 Å². The van der Waals surface area contributed by atoms with Crippen molar-refractivity contribution in [3.63, 3.8) is 0 Å². The Bertz CT molecular complexity index is 645. The van der Waals surface area contributed by atoms with E-state index in [0.29, 0.717) is 11.8 Å². The molecule has 1 aliphatic rings. The van der Waals surface area contributed by atoms with Crippen molar-refractivity contribution < 1.29 is 9.15 Å². The molecular weight excluding hydrogens is 302 g/mol. The topological polar surface area (TPSA) is 60.2 Å². The smallest absolute Gasteiger partial charge is 0.233 e. The highest BCUT2D eigenvalue weighted by Gasteiger charge is 2.34. The lowest BCUT2D eigenvalue weighted by molar-refractivity contribution is 0.264. The molecule has 130 valence electrons. The number of nitrogens with one attached hydrogen (secondary N) is 1. The van der Waals surface area contributed by atoms with E-state index in [1.54, 1.807) is 7.11 Å². The highest BCUT2D eigenvalue weighted by atomic mass is 16.5. The maximum atomic E-state index is 5.55. The number of nitrogens with zero attached hydrogens (tertiary/aromatic N) is 2. The zero-order chi connectivity index (χ0) is 17.0. The maximum Gasteiger partial charge on any atom is 0.233 e. The summed E-state index contributed by atoms with van der Waals surface area (Å²) in [4.78, 5) is 0. The second kappa shape index (κ2) is 7.34. The number of benzene rings is 1. The lowest BCUT2D eigenvalue weighted by Gasteiger charge is -2.39. The summed E-state index contributed by atoms with van der Waals surface area (Å²) in [5.41, 5.74) is 1.57. The first-order valence-electron chi connectivity index (χ1n) is 8.81. The van der Waals surface area contributed by atoms with Crippen LogP contribution in [0.3, 0.4) is 0 Å². The highest BCUT2D eigenvalue weighted by molar-refractivity contribution is 5.33. The Labute approximate surface area is 143 Å². The molecule has 1 N–H and O–H groups in total. The van der Waals surface area contributed by atoms with E-state index in [2.05, 4.69) is 46.7 Å². The quantitative estimate of drug-likeness (QED) is 0.870. The number of hydrogen-bond acceptors (Lipinski definition) is 5. The van der Waals surface area contributed by atoms with E-state index >= 15 is 0 Å². The molecule has 0 amide bonds. The van der Waals surface area contributed by atoms with Gasteiger partial charge in [0.05, 0.1) is 13.2 Å². The molecule has 1 atom stereocenters. The van der Waals surface area contributed by atoms with Crippen LogP contribution in [-0.4, -0.2) is 23.9 Å². The van der Waals surface area contributed by atoms with Gasteiger partial charge in [-0.1, -0.05) is 31.4 Å². The van der Waals surface area contributed by atoms with E-state index in [1.807, 2.05) is 6.92 Å². The number of hydrogen-bond donors (Lipinski definition) is 1. The molecule has 1 fully saturated rings. The number of ether oxygens (including phenoxy) is 1. The molecule has 5 heteroatoms. The normalized spacial score (nSPS) is 18.3. The van der Waals surface area contributed by atoms with Gasteiger partial charge in [-0.3, -0.25) is 0 Å². The minimum atomic E-state index is 0.0586. The molecule has 0 aliphatic heterocycles. The van der Waals surface area contributed by atoms with Gasteiger partial charge >= 0.3 is 0 Å². The zero-order valence-corrected chi connectivity index (χ0v) is 14.8. The summed E-state index contributed by atoms with van der Waals surface area (Å²) in [5.74, 6) is 2.18. The molecule has 5 nitrogen and oxygen atoms in total. The minimum Gasteiger partial charge on any atom is -0.497 e. The van der Waals surface area contributed by atoms with Crippen LogP contribution >= 0.6 is 0 Å². The van der Waals surface area contributed by atoms with Gasteiger partial charge in [-0.05, 0) is 37.5 Å². The summed E-state index contributed by atoms with van der Waals surface area (Å²) in [6.07, 6.45) is 6.31. The van der Waals surface area contributed by atoms with E-state index in [4.69, 9.17) is 9.15 Å². The average molecular weight is 329 g/mol. The van der Waals surface area contributed by atoms with Crippen molar-refractivity contribution in [2.75, 3.05) is 13.7 Å². The second-order valence-electron chi connectivity index (χ2n) is 6.83. The molecule has 0 spiro atoms. The Balaban J connectivity index is 1.75. The Morgan fingerprint density at radius 2 is 1.88 bits per heavy atom. The average Bonchev–Trinajstić information content (AvgIpc) is 3.07. The molecule has 0 bridgehead atoms. The van der Waals surface area contributed by atoms with Gasteiger partial charge in [-0.15, -0.1) is 10.2 Å². The molecular formula is C19H27N3O2. The third kappa shape index (κ3) is 3.61. The van der Waals surface area contributed by atoms with Crippen molar-refractivity contribution in [3.05, 3.63) is 41.6 Å². The Hall–Kier alpha value is -1.88. The fourth-order valence-electron chi connectivity index (χ4n) is 3.66. The van der Waals surface area contributed by atoms with Gasteiger partial charge in [0.15, 0.2) is 0 Å². The van der Waals surface area contributed by atoms with Crippen LogP contribution in [0.4, 0.5) is 0 Å². The number of methoxy groups -OCH3 is 1. The molecule has 1 aliphatic carbocycles. The maximum absolute atomic E-state index is 5.55. The number of aromatic nitrogens is 2. The number of aryl methyl sites for hydroxylation is 1. The Kier molecular flexibility index (Phi) is 5.19. The summed E-state index contributed by atoms with van der Waals surface area (Å²) < 4.78 is 10.9. The fourth-order valence-corrected chi connectivity index (χ4v) is 3.66. The summed E-state index contributed by atoms with van der Waals surface area (Å²) in [7, 11) is 1.71. The van der Waals surface area contributed by atoms with Crippen LogP contribution in [0.2, 0.25) is 0 Å². The molecule has 1 aromatic heterocycles. The Morgan fingerprint density at radius 3 is 2.46 bits per heavy atom. The van der Waals surface area contributed by atoms with Crippen molar-refractivity contribution in [1.29, 1.82) is 0 Å². The van der Waals surface area contributed by atoms with E-state index in [1.165, 1.54) is 37.7 Å². The summed E-state index contributed by atoms with van der Waals surface area (Å²) in [5, 5.41) is 11.7. The predicted molar refractivity (Wildman–Crippen MR) is 93.2 cm³/mol. The zero-order valence-electron chi connectivity index (χ0n) is 14.8. The SMILES string of the molecule is COc1ccc(C2(CN[C@@H](C)c3nnc(C)o3)CCCCC2)cc1. The molecule has 0 radical (unpaired) electrons. The predicted octanol–water partition coefficient (Wildman–Crippen LogP) is 3.94. The van der Waals surface area contributed by atoms with Gasteiger partial charge in [0, 0.05) is 18.9 Å². The molecule has 2 aromatic rings. The van der Waals surface area contributed by atoms with Crippen molar-refractivity contribution in [3.8, 4) is 5.75 Å². The third-order valence-electron chi connectivity index (χ3n) is 5.17. The van der Waals surface area contributed by atoms with Gasteiger partial charge in [0.2, 0.25) is 11.8 Å². The first-order valence-corrected chi connectivity index (χ1v) is 8.81. The van der Waals surface area contributed by atoms with Crippen LogP contribution in [0, 0.1) is 6.92 Å². The van der Waals surface area contributed by atoms with E-state index in [9.17, 15) is 0 Å². The molecule has 1 aromatic carbocycles. The van der Waals surface area contributed by atoms with Crippen LogP contribution in [0.15, 0.2) is 28.7 Å². The van der Waals surface area contributed by atoms with Crippen LogP contribution in [-0.2, 0) is 5.41 Å². The monoisotopic (exact) mass is 329 g/mol. The fraction of sp³-hybridized carbons (Fsp3) is 0.579. The highest BCUT2D eigenvalue weighted by Crippen LogP contribution is 2.40. The summed E-state index contributed by atoms with van der Waals surface area (Å²) >= 11 is 0. The lowest BCUT2D eigenvalue weighted by Crippen LogP contribution is -2.40. The van der Waals surface area contributed by atoms with Crippen molar-refractivity contribution in [2.45, 2.75) is 57.4 Å². The van der Waals surface area contributed by atoms with Crippen LogP contribution in [0.5, 0.6) is 5.75 Å². The summed E-state index contributed by atoms with van der Waals surface area (Å²) in [6.45, 7) is 4.82. The molecule has 1 saturated carbocycles. The summed E-state index contributed by atoms with van der Waals surface area (Å²) in [6, 6.07) is 8.62. The third-order valence-corrected chi connectivity index (χ3v) is 5.17. The van der Waals surface area contributed by atoms with Gasteiger partial charge in [-0.25, -0.2) is 0 Å². The molecule has 0 saturated heterocycles. The number of rotatable bonds is 6. The van der Waals surface area contributed by atoms with Crippen LogP contribution in [0.1, 0.15) is 62.4 Å². The first-order chi connectivity index (χ1) is 11.6. The first kappa shape index (κ1) is 17.0. The largest absolute Gasteiger partial charge is 0.497 e. The van der Waals surface area contributed by atoms with Gasteiger partial charge < -0.3 is 14.5 Å². The van der Waals surface area contributed by atoms with Gasteiger partial charge in [0.1, 0.15) is 5.75 Å². The van der Waals surface area contributed by atoms with E-state index in [0.717, 1.165) is 12.3 Å². The van der Waals surface area contributed by atoms with Crippen LogP contribution < -0.4 is 10.1 Å². The minimum absolute atomic E-state index is 0.0586. The molecule has 0 unspecified atom stereocenters. The van der Waals surface area contributed by atoms with Crippen molar-refractivity contribution >= 4 is 0 Å². The molecule has 1 heterocycles.